The summed E-state index contributed by atoms with van der Waals surface area (Å²) in [5, 5.41) is 9.17. The molecule has 0 spiro atoms. The van der Waals surface area contributed by atoms with E-state index in [1.165, 1.54) is 11.8 Å². The van der Waals surface area contributed by atoms with Gasteiger partial charge in [0, 0.05) is 11.7 Å². The molecule has 3 amide bonds. The predicted octanol–water partition coefficient (Wildman–Crippen LogP) is 3.03. The van der Waals surface area contributed by atoms with E-state index in [0.717, 1.165) is 6.42 Å². The average molecular weight is 469 g/mol. The first kappa shape index (κ1) is 26.4. The van der Waals surface area contributed by atoms with Crippen LogP contribution in [0.1, 0.15) is 45.2 Å². The molecule has 0 heterocycles. The van der Waals surface area contributed by atoms with Crippen molar-refractivity contribution in [3.8, 4) is 11.5 Å². The van der Waals surface area contributed by atoms with Gasteiger partial charge in [-0.15, -0.1) is 0 Å². The molecule has 0 fully saturated rings. The van der Waals surface area contributed by atoms with Crippen LogP contribution in [0, 0.1) is 0 Å². The molecular weight excluding hydrogens is 436 g/mol. The van der Waals surface area contributed by atoms with Crippen LogP contribution in [0.4, 0.5) is 5.69 Å². The molecule has 2 aromatic rings. The van der Waals surface area contributed by atoms with E-state index in [9.17, 15) is 14.4 Å². The van der Waals surface area contributed by atoms with Crippen LogP contribution in [0.15, 0.2) is 47.6 Å². The highest BCUT2D eigenvalue weighted by atomic mass is 16.5. The van der Waals surface area contributed by atoms with Gasteiger partial charge in [-0.1, -0.05) is 26.0 Å². The molecule has 2 rings (SSSR count). The van der Waals surface area contributed by atoms with Gasteiger partial charge < -0.3 is 20.1 Å². The Hall–Kier alpha value is -3.88. The highest BCUT2D eigenvalue weighted by Gasteiger charge is 2.14. The minimum absolute atomic E-state index is 0.104. The third-order valence-corrected chi connectivity index (χ3v) is 4.85. The summed E-state index contributed by atoms with van der Waals surface area (Å²) in [5.74, 6) is -1.07. The van der Waals surface area contributed by atoms with Crippen LogP contribution in [-0.4, -0.2) is 43.2 Å². The quantitative estimate of drug-likeness (QED) is 0.266. The number of rotatable bonds is 11. The van der Waals surface area contributed by atoms with E-state index < -0.39 is 11.8 Å². The van der Waals surface area contributed by atoms with Crippen LogP contribution in [0.3, 0.4) is 0 Å². The molecule has 0 radical (unpaired) electrons. The Kier molecular flexibility index (Phi) is 10.6. The Bertz CT molecular complexity index is 1000. The van der Waals surface area contributed by atoms with Gasteiger partial charge in [0.05, 0.1) is 12.8 Å². The van der Waals surface area contributed by atoms with Crippen molar-refractivity contribution in [2.24, 2.45) is 5.10 Å². The van der Waals surface area contributed by atoms with Gasteiger partial charge in [-0.3, -0.25) is 14.4 Å². The number of carbonyl (C=O) groups excluding carboxylic acids is 3. The maximum Gasteiger partial charge on any atom is 0.329 e. The predicted molar refractivity (Wildman–Crippen MR) is 131 cm³/mol. The fraction of sp³-hybridized carbons (Fsp3) is 0.360. The molecule has 34 heavy (non-hydrogen) atoms. The Balaban J connectivity index is 1.94. The third-order valence-electron chi connectivity index (χ3n) is 4.85. The van der Waals surface area contributed by atoms with Crippen molar-refractivity contribution in [3.63, 3.8) is 0 Å². The Morgan fingerprint density at radius 2 is 1.71 bits per heavy atom. The molecule has 1 atom stereocenters. The van der Waals surface area contributed by atoms with Crippen molar-refractivity contribution < 1.29 is 23.9 Å². The maximum atomic E-state index is 12.3. The molecular formula is C25H32N4O5. The largest absolute Gasteiger partial charge is 0.490 e. The molecule has 0 aliphatic rings. The number of carbonyl (C=O) groups is 3. The second-order valence-electron chi connectivity index (χ2n) is 7.51. The molecule has 0 aliphatic carbocycles. The monoisotopic (exact) mass is 468 g/mol. The topological polar surface area (TPSA) is 118 Å². The summed E-state index contributed by atoms with van der Waals surface area (Å²) < 4.78 is 11.2. The first-order valence-electron chi connectivity index (χ1n) is 11.3. The van der Waals surface area contributed by atoms with Gasteiger partial charge in [0.1, 0.15) is 0 Å². The first-order valence-corrected chi connectivity index (χ1v) is 11.3. The van der Waals surface area contributed by atoms with E-state index in [-0.39, 0.29) is 18.6 Å². The molecule has 2 aromatic carbocycles. The standard InChI is InChI=1S/C25H32N4O5/c1-5-17(4)27-24(31)25(32)29-26-15-19-10-13-21(22(14-19)33-7-3)34-16-23(30)28-20-11-8-18(6-2)9-12-20/h8-15,17H,5-7,16H2,1-4H3,(H,27,31)(H,28,30)(H,29,32)/b26-15-/t17-/m0/s1. The Morgan fingerprint density at radius 3 is 2.35 bits per heavy atom. The van der Waals surface area contributed by atoms with Gasteiger partial charge in [0.25, 0.3) is 5.91 Å². The van der Waals surface area contributed by atoms with Crippen LogP contribution in [0.5, 0.6) is 11.5 Å². The lowest BCUT2D eigenvalue weighted by molar-refractivity contribution is -0.139. The van der Waals surface area contributed by atoms with Crippen molar-refractivity contribution in [2.45, 2.75) is 46.6 Å². The lowest BCUT2D eigenvalue weighted by atomic mass is 10.1. The molecule has 0 aliphatic heterocycles. The van der Waals surface area contributed by atoms with Crippen molar-refractivity contribution in [2.75, 3.05) is 18.5 Å². The minimum atomic E-state index is -0.850. The second kappa shape index (κ2) is 13.6. The SMILES string of the molecule is CCOc1cc(/C=N\NC(=O)C(=O)N[C@@H](C)CC)ccc1OCC(=O)Nc1ccc(CC)cc1. The minimum Gasteiger partial charge on any atom is -0.490 e. The first-order chi connectivity index (χ1) is 16.4. The van der Waals surface area contributed by atoms with Gasteiger partial charge >= 0.3 is 11.8 Å². The number of benzene rings is 2. The van der Waals surface area contributed by atoms with Gasteiger partial charge in [-0.05, 0) is 68.1 Å². The van der Waals surface area contributed by atoms with Crippen molar-refractivity contribution in [3.05, 3.63) is 53.6 Å². The summed E-state index contributed by atoms with van der Waals surface area (Å²) in [6.45, 7) is 7.80. The van der Waals surface area contributed by atoms with Gasteiger partial charge in [0.15, 0.2) is 18.1 Å². The number of hydrazone groups is 1. The Morgan fingerprint density at radius 1 is 0.971 bits per heavy atom. The summed E-state index contributed by atoms with van der Waals surface area (Å²) in [7, 11) is 0. The van der Waals surface area contributed by atoms with Gasteiger partial charge in [0.2, 0.25) is 0 Å². The van der Waals surface area contributed by atoms with Crippen LogP contribution < -0.4 is 25.5 Å². The summed E-state index contributed by atoms with van der Waals surface area (Å²) in [6, 6.07) is 12.5. The molecule has 9 nitrogen and oxygen atoms in total. The number of nitrogens with one attached hydrogen (secondary N) is 3. The highest BCUT2D eigenvalue weighted by Crippen LogP contribution is 2.28. The number of hydrogen-bond donors (Lipinski definition) is 3. The lowest BCUT2D eigenvalue weighted by Crippen LogP contribution is -2.41. The van der Waals surface area contributed by atoms with E-state index in [2.05, 4.69) is 28.1 Å². The highest BCUT2D eigenvalue weighted by molar-refractivity contribution is 6.35. The van der Waals surface area contributed by atoms with Crippen LogP contribution in [0.25, 0.3) is 0 Å². The number of amides is 3. The summed E-state index contributed by atoms with van der Waals surface area (Å²) in [6.07, 6.45) is 3.02. The van der Waals surface area contributed by atoms with E-state index >= 15 is 0 Å². The van der Waals surface area contributed by atoms with Gasteiger partial charge in [-0.25, -0.2) is 5.43 Å². The smallest absolute Gasteiger partial charge is 0.329 e. The molecule has 182 valence electrons. The number of hydrogen-bond acceptors (Lipinski definition) is 6. The molecule has 0 saturated heterocycles. The number of nitrogens with zero attached hydrogens (tertiary/aromatic N) is 1. The maximum absolute atomic E-state index is 12.3. The molecule has 9 heteroatoms. The van der Waals surface area contributed by atoms with E-state index in [0.29, 0.717) is 35.8 Å². The Labute approximate surface area is 199 Å². The van der Waals surface area contributed by atoms with Crippen LogP contribution >= 0.6 is 0 Å². The zero-order chi connectivity index (χ0) is 24.9. The summed E-state index contributed by atoms with van der Waals surface area (Å²) in [5.41, 5.74) is 4.69. The molecule has 3 N–H and O–H groups in total. The number of ether oxygens (including phenoxy) is 2. The van der Waals surface area contributed by atoms with Gasteiger partial charge in [-0.2, -0.15) is 5.10 Å². The van der Waals surface area contributed by atoms with Crippen molar-refractivity contribution in [1.82, 2.24) is 10.7 Å². The van der Waals surface area contributed by atoms with Crippen molar-refractivity contribution in [1.29, 1.82) is 0 Å². The zero-order valence-electron chi connectivity index (χ0n) is 20.0. The van der Waals surface area contributed by atoms with E-state index in [4.69, 9.17) is 9.47 Å². The van der Waals surface area contributed by atoms with Crippen LogP contribution in [-0.2, 0) is 20.8 Å². The lowest BCUT2D eigenvalue weighted by Gasteiger charge is -2.13. The zero-order valence-corrected chi connectivity index (χ0v) is 20.0. The number of anilines is 1. The molecule has 0 bridgehead atoms. The van der Waals surface area contributed by atoms with E-state index in [1.54, 1.807) is 25.1 Å². The normalized spacial score (nSPS) is 11.5. The number of aryl methyl sites for hydroxylation is 1. The summed E-state index contributed by atoms with van der Waals surface area (Å²) in [4.78, 5) is 35.8. The van der Waals surface area contributed by atoms with Crippen LogP contribution in [0.2, 0.25) is 0 Å². The molecule has 0 unspecified atom stereocenters. The summed E-state index contributed by atoms with van der Waals surface area (Å²) >= 11 is 0. The average Bonchev–Trinajstić information content (AvgIpc) is 2.84. The second-order valence-corrected chi connectivity index (χ2v) is 7.51. The fourth-order valence-electron chi connectivity index (χ4n) is 2.76. The molecule has 0 aromatic heterocycles. The van der Waals surface area contributed by atoms with E-state index in [1.807, 2.05) is 38.1 Å². The third kappa shape index (κ3) is 8.57. The molecule has 0 saturated carbocycles. The van der Waals surface area contributed by atoms with Crippen molar-refractivity contribution >= 4 is 29.6 Å². The fourth-order valence-corrected chi connectivity index (χ4v) is 2.76.